The number of amidine groups is 1. The Morgan fingerprint density at radius 1 is 1.39 bits per heavy atom. The number of carboxylic acids is 1. The molecule has 0 spiro atoms. The van der Waals surface area contributed by atoms with Gasteiger partial charge in [0, 0.05) is 5.56 Å². The number of hydrogen-bond donors (Lipinski definition) is 4. The van der Waals surface area contributed by atoms with Crippen LogP contribution in [-0.4, -0.2) is 28.2 Å². The van der Waals surface area contributed by atoms with E-state index in [1.165, 1.54) is 18.2 Å². The van der Waals surface area contributed by atoms with Crippen LogP contribution in [-0.2, 0) is 4.79 Å². The van der Waals surface area contributed by atoms with Crippen molar-refractivity contribution in [2.45, 2.75) is 6.18 Å². The number of alkyl halides is 3. The fourth-order valence-electron chi connectivity index (χ4n) is 0.674. The van der Waals surface area contributed by atoms with Gasteiger partial charge in [-0.1, -0.05) is 11.6 Å². The Balaban J connectivity index is 0.000000360. The van der Waals surface area contributed by atoms with Gasteiger partial charge in [-0.15, -0.1) is 0 Å². The maximum absolute atomic E-state index is 10.6. The molecule has 0 saturated heterocycles. The van der Waals surface area contributed by atoms with E-state index in [1.54, 1.807) is 0 Å². The van der Waals surface area contributed by atoms with Crippen molar-refractivity contribution in [1.29, 1.82) is 5.41 Å². The fourth-order valence-corrected chi connectivity index (χ4v) is 0.855. The van der Waals surface area contributed by atoms with Crippen molar-refractivity contribution in [1.82, 2.24) is 0 Å². The number of nitrogens with two attached hydrogens (primary N) is 1. The Kier molecular flexibility index (Phi) is 5.44. The van der Waals surface area contributed by atoms with E-state index in [-0.39, 0.29) is 16.6 Å². The van der Waals surface area contributed by atoms with Gasteiger partial charge in [-0.2, -0.15) is 13.2 Å². The minimum atomic E-state index is -5.08. The van der Waals surface area contributed by atoms with E-state index in [2.05, 4.69) is 0 Å². The Bertz CT molecular complexity index is 463. The number of aromatic hydroxyl groups is 1. The number of phenolic OH excluding ortho intramolecular Hbond substituents is 1. The van der Waals surface area contributed by atoms with Crippen LogP contribution in [0.1, 0.15) is 5.56 Å². The molecule has 0 bridgehead atoms. The molecule has 0 amide bonds. The lowest BCUT2D eigenvalue weighted by atomic mass is 10.2. The van der Waals surface area contributed by atoms with Crippen molar-refractivity contribution in [2.24, 2.45) is 5.73 Å². The molecule has 0 atom stereocenters. The number of halogens is 4. The summed E-state index contributed by atoms with van der Waals surface area (Å²) in [6, 6.07) is 4.38. The van der Waals surface area contributed by atoms with Gasteiger partial charge in [0.05, 0.1) is 5.02 Å². The smallest absolute Gasteiger partial charge is 0.490 e. The van der Waals surface area contributed by atoms with Gasteiger partial charge < -0.3 is 15.9 Å². The number of rotatable bonds is 1. The maximum Gasteiger partial charge on any atom is 0.490 e. The van der Waals surface area contributed by atoms with Crippen LogP contribution in [0, 0.1) is 5.41 Å². The molecule has 0 aromatic heterocycles. The average molecular weight is 285 g/mol. The number of nitrogens with one attached hydrogen (secondary N) is 1. The summed E-state index contributed by atoms with van der Waals surface area (Å²) >= 11 is 5.56. The number of phenols is 1. The van der Waals surface area contributed by atoms with Crippen molar-refractivity contribution in [3.63, 3.8) is 0 Å². The summed E-state index contributed by atoms with van der Waals surface area (Å²) in [5.74, 6) is -2.82. The van der Waals surface area contributed by atoms with E-state index in [0.29, 0.717) is 5.56 Å². The standard InChI is InChI=1S/C7H7ClN2O.C2HF3O2/c8-5-3-4(7(9)10)1-2-6(5)11;3-2(4,5)1(6)7/h1-3,11H,(H3,9,10);(H,6,7). The van der Waals surface area contributed by atoms with Crippen molar-refractivity contribution in [3.05, 3.63) is 28.8 Å². The third-order valence-corrected chi connectivity index (χ3v) is 1.80. The molecule has 5 nitrogen and oxygen atoms in total. The summed E-state index contributed by atoms with van der Waals surface area (Å²) in [7, 11) is 0. The lowest BCUT2D eigenvalue weighted by molar-refractivity contribution is -0.192. The van der Waals surface area contributed by atoms with Crippen LogP contribution in [0.25, 0.3) is 0 Å². The minimum Gasteiger partial charge on any atom is -0.506 e. The van der Waals surface area contributed by atoms with Gasteiger partial charge in [0.1, 0.15) is 11.6 Å². The van der Waals surface area contributed by atoms with E-state index < -0.39 is 12.1 Å². The largest absolute Gasteiger partial charge is 0.506 e. The summed E-state index contributed by atoms with van der Waals surface area (Å²) in [5.41, 5.74) is 5.68. The highest BCUT2D eigenvalue weighted by Gasteiger charge is 2.38. The number of carbonyl (C=O) groups is 1. The van der Waals surface area contributed by atoms with Crippen molar-refractivity contribution >= 4 is 23.4 Å². The zero-order valence-corrected chi connectivity index (χ0v) is 9.38. The molecule has 0 fully saturated rings. The quantitative estimate of drug-likeness (QED) is 0.467. The molecule has 0 unspecified atom stereocenters. The normalized spacial score (nSPS) is 10.2. The van der Waals surface area contributed by atoms with Gasteiger partial charge in [0.2, 0.25) is 0 Å². The van der Waals surface area contributed by atoms with Crippen LogP contribution >= 0.6 is 11.6 Å². The third-order valence-electron chi connectivity index (χ3n) is 1.50. The lowest BCUT2D eigenvalue weighted by Crippen LogP contribution is -2.21. The molecule has 0 saturated carbocycles. The van der Waals surface area contributed by atoms with E-state index >= 15 is 0 Å². The first-order valence-corrected chi connectivity index (χ1v) is 4.56. The highest BCUT2D eigenvalue weighted by atomic mass is 35.5. The van der Waals surface area contributed by atoms with Crippen molar-refractivity contribution in [2.75, 3.05) is 0 Å². The average Bonchev–Trinajstić information content (AvgIpc) is 2.21. The first kappa shape index (κ1) is 16.0. The van der Waals surface area contributed by atoms with Crippen LogP contribution in [0.5, 0.6) is 5.75 Å². The van der Waals surface area contributed by atoms with Gasteiger partial charge in [-0.25, -0.2) is 4.79 Å². The molecule has 1 aromatic carbocycles. The Morgan fingerprint density at radius 3 is 2.11 bits per heavy atom. The van der Waals surface area contributed by atoms with E-state index in [1.807, 2.05) is 0 Å². The summed E-state index contributed by atoms with van der Waals surface area (Å²) < 4.78 is 31.7. The molecule has 1 rings (SSSR count). The van der Waals surface area contributed by atoms with Crippen LogP contribution in [0.2, 0.25) is 5.02 Å². The van der Waals surface area contributed by atoms with Gasteiger partial charge in [-0.05, 0) is 18.2 Å². The summed E-state index contributed by atoms with van der Waals surface area (Å²) in [6.07, 6.45) is -5.08. The summed E-state index contributed by atoms with van der Waals surface area (Å²) in [5, 5.41) is 23.4. The second-order valence-electron chi connectivity index (χ2n) is 2.88. The minimum absolute atomic E-state index is 0.00309. The topological polar surface area (TPSA) is 107 Å². The van der Waals surface area contributed by atoms with Gasteiger partial charge in [0.15, 0.2) is 0 Å². The molecule has 5 N–H and O–H groups in total. The number of nitrogen functional groups attached to an aromatic ring is 1. The Hall–Kier alpha value is -1.96. The summed E-state index contributed by atoms with van der Waals surface area (Å²) in [4.78, 5) is 8.90. The van der Waals surface area contributed by atoms with E-state index in [9.17, 15) is 13.2 Å². The molecule has 0 heterocycles. The van der Waals surface area contributed by atoms with Crippen LogP contribution in [0.4, 0.5) is 13.2 Å². The van der Waals surface area contributed by atoms with Crippen LogP contribution < -0.4 is 5.73 Å². The lowest BCUT2D eigenvalue weighted by Gasteiger charge is -1.99. The molecule has 0 aliphatic rings. The van der Waals surface area contributed by atoms with Crippen molar-refractivity contribution in [3.8, 4) is 5.75 Å². The zero-order valence-electron chi connectivity index (χ0n) is 8.62. The third kappa shape index (κ3) is 5.39. The van der Waals surface area contributed by atoms with Crippen molar-refractivity contribution < 1.29 is 28.2 Å². The Morgan fingerprint density at radius 2 is 1.83 bits per heavy atom. The molecule has 0 radical (unpaired) electrons. The Labute approximate surface area is 104 Å². The van der Waals surface area contributed by atoms with Crippen LogP contribution in [0.3, 0.4) is 0 Å². The molecular formula is C9H8ClF3N2O3. The molecule has 100 valence electrons. The second kappa shape index (κ2) is 6.10. The van der Waals surface area contributed by atoms with E-state index in [0.717, 1.165) is 0 Å². The predicted octanol–water partition coefficient (Wildman–Crippen LogP) is 1.96. The van der Waals surface area contributed by atoms with E-state index in [4.69, 9.17) is 37.8 Å². The zero-order chi connectivity index (χ0) is 14.5. The SMILES string of the molecule is N=C(N)c1ccc(O)c(Cl)c1.O=C(O)C(F)(F)F. The predicted molar refractivity (Wildman–Crippen MR) is 57.8 cm³/mol. The monoisotopic (exact) mass is 284 g/mol. The number of aliphatic carboxylic acids is 1. The maximum atomic E-state index is 10.6. The van der Waals surface area contributed by atoms with Gasteiger partial charge in [0.25, 0.3) is 0 Å². The number of benzene rings is 1. The van der Waals surface area contributed by atoms with Gasteiger partial charge >= 0.3 is 12.1 Å². The molecule has 18 heavy (non-hydrogen) atoms. The highest BCUT2D eigenvalue weighted by molar-refractivity contribution is 6.32. The second-order valence-corrected chi connectivity index (χ2v) is 3.29. The highest BCUT2D eigenvalue weighted by Crippen LogP contribution is 2.23. The van der Waals surface area contributed by atoms with Gasteiger partial charge in [-0.3, -0.25) is 5.41 Å². The molecule has 0 aliphatic heterocycles. The van der Waals surface area contributed by atoms with Crippen LogP contribution in [0.15, 0.2) is 18.2 Å². The number of hydrogen-bond acceptors (Lipinski definition) is 3. The molecule has 9 heteroatoms. The molecule has 0 aliphatic carbocycles. The number of carboxylic acid groups (broad SMARTS) is 1. The molecular weight excluding hydrogens is 277 g/mol. The summed E-state index contributed by atoms with van der Waals surface area (Å²) in [6.45, 7) is 0. The fraction of sp³-hybridized carbons (Fsp3) is 0.111. The molecule has 1 aromatic rings. The first-order chi connectivity index (χ1) is 8.05. The first-order valence-electron chi connectivity index (χ1n) is 4.18.